The number of ether oxygens (including phenoxy) is 1. The Kier molecular flexibility index (Phi) is 7.67. The van der Waals surface area contributed by atoms with Crippen LogP contribution >= 0.6 is 11.8 Å². The van der Waals surface area contributed by atoms with Crippen LogP contribution in [-0.4, -0.2) is 66.1 Å². The van der Waals surface area contributed by atoms with Crippen LogP contribution in [0.1, 0.15) is 18.4 Å². The number of anilines is 1. The van der Waals surface area contributed by atoms with Crippen LogP contribution in [0.4, 0.5) is 5.69 Å². The number of hydrogen-bond acceptors (Lipinski definition) is 5. The van der Waals surface area contributed by atoms with E-state index in [9.17, 15) is 19.5 Å². The van der Waals surface area contributed by atoms with Gasteiger partial charge in [-0.2, -0.15) is 0 Å². The zero-order valence-electron chi connectivity index (χ0n) is 15.7. The first-order chi connectivity index (χ1) is 12.9. The number of aryl methyl sites for hydroxylation is 1. The van der Waals surface area contributed by atoms with Crippen LogP contribution in [0.2, 0.25) is 0 Å². The van der Waals surface area contributed by atoms with Crippen LogP contribution in [0.3, 0.4) is 0 Å². The molecule has 1 heterocycles. The largest absolute Gasteiger partial charge is 0.481 e. The summed E-state index contributed by atoms with van der Waals surface area (Å²) < 4.78 is 5.07. The van der Waals surface area contributed by atoms with E-state index in [1.807, 2.05) is 31.2 Å². The number of benzene rings is 1. The average Bonchev–Trinajstić information content (AvgIpc) is 2.64. The summed E-state index contributed by atoms with van der Waals surface area (Å²) in [4.78, 5) is 37.6. The van der Waals surface area contributed by atoms with Gasteiger partial charge in [-0.05, 0) is 31.9 Å². The second-order valence-corrected chi connectivity index (χ2v) is 7.83. The van der Waals surface area contributed by atoms with E-state index in [-0.39, 0.29) is 36.5 Å². The summed E-state index contributed by atoms with van der Waals surface area (Å²) in [6.45, 7) is 2.73. The molecule has 0 radical (unpaired) electrons. The summed E-state index contributed by atoms with van der Waals surface area (Å²) >= 11 is 1.23. The van der Waals surface area contributed by atoms with E-state index in [2.05, 4.69) is 5.32 Å². The van der Waals surface area contributed by atoms with E-state index in [1.165, 1.54) is 18.9 Å². The number of carbonyl (C=O) groups excluding carboxylic acids is 2. The third kappa shape index (κ3) is 5.97. The minimum Gasteiger partial charge on any atom is -0.481 e. The molecule has 1 aromatic rings. The highest BCUT2D eigenvalue weighted by Crippen LogP contribution is 2.31. The molecule has 148 valence electrons. The fourth-order valence-electron chi connectivity index (χ4n) is 3.13. The van der Waals surface area contributed by atoms with Gasteiger partial charge in [0.1, 0.15) is 5.41 Å². The monoisotopic (exact) mass is 394 g/mol. The second kappa shape index (κ2) is 9.75. The first-order valence-corrected chi connectivity index (χ1v) is 9.96. The quantitative estimate of drug-likeness (QED) is 0.700. The fraction of sp³-hybridized carbons (Fsp3) is 0.526. The molecule has 2 N–H and O–H groups in total. The smallest absolute Gasteiger partial charge is 0.313 e. The first-order valence-electron chi connectivity index (χ1n) is 8.81. The van der Waals surface area contributed by atoms with Crippen molar-refractivity contribution in [1.29, 1.82) is 0 Å². The number of amides is 2. The van der Waals surface area contributed by atoms with Crippen molar-refractivity contribution in [3.05, 3.63) is 29.8 Å². The number of carboxylic acids is 1. The van der Waals surface area contributed by atoms with Gasteiger partial charge >= 0.3 is 5.97 Å². The van der Waals surface area contributed by atoms with Crippen molar-refractivity contribution in [2.75, 3.05) is 43.6 Å². The summed E-state index contributed by atoms with van der Waals surface area (Å²) in [7, 11) is 1.47. The Morgan fingerprint density at radius 2 is 1.96 bits per heavy atom. The highest BCUT2D eigenvalue weighted by molar-refractivity contribution is 8.00. The maximum atomic E-state index is 12.4. The lowest BCUT2D eigenvalue weighted by atomic mass is 9.80. The zero-order valence-corrected chi connectivity index (χ0v) is 16.5. The van der Waals surface area contributed by atoms with E-state index in [0.717, 1.165) is 11.3 Å². The Balaban J connectivity index is 1.80. The molecule has 2 rings (SSSR count). The standard InChI is InChI=1S/C19H26N2O5S/c1-14-4-6-15(7-5-14)20-16(22)10-27-11-17(23)21-9-3-8-19(12-21,13-26-2)18(24)25/h4-7H,3,8-13H2,1-2H3,(H,20,22)(H,24,25). The van der Waals surface area contributed by atoms with Gasteiger partial charge < -0.3 is 20.1 Å². The Labute approximate surface area is 163 Å². The van der Waals surface area contributed by atoms with Gasteiger partial charge in [0.25, 0.3) is 0 Å². The van der Waals surface area contributed by atoms with Crippen molar-refractivity contribution in [2.45, 2.75) is 19.8 Å². The van der Waals surface area contributed by atoms with E-state index >= 15 is 0 Å². The molecular formula is C19H26N2O5S. The number of methoxy groups -OCH3 is 1. The molecule has 1 aliphatic heterocycles. The number of nitrogens with zero attached hydrogens (tertiary/aromatic N) is 1. The van der Waals surface area contributed by atoms with Gasteiger partial charge in [0.15, 0.2) is 0 Å². The molecule has 1 unspecified atom stereocenters. The third-order valence-corrected chi connectivity index (χ3v) is 5.52. The van der Waals surface area contributed by atoms with Gasteiger partial charge in [0.2, 0.25) is 11.8 Å². The summed E-state index contributed by atoms with van der Waals surface area (Å²) in [5.74, 6) is -0.953. The summed E-state index contributed by atoms with van der Waals surface area (Å²) in [6, 6.07) is 7.49. The zero-order chi connectivity index (χ0) is 19.9. The molecule has 8 heteroatoms. The molecule has 0 aromatic heterocycles. The number of nitrogens with one attached hydrogen (secondary N) is 1. The van der Waals surface area contributed by atoms with Crippen LogP contribution in [0.15, 0.2) is 24.3 Å². The van der Waals surface area contributed by atoms with Crippen LogP contribution in [-0.2, 0) is 19.1 Å². The number of aliphatic carboxylic acids is 1. The molecule has 0 saturated carbocycles. The number of carboxylic acid groups (broad SMARTS) is 1. The molecule has 2 amide bonds. The molecule has 1 atom stereocenters. The normalized spacial score (nSPS) is 19.6. The Hall–Kier alpha value is -2.06. The molecule has 1 aliphatic rings. The van der Waals surface area contributed by atoms with Crippen molar-refractivity contribution >= 4 is 35.2 Å². The predicted octanol–water partition coefficient (Wildman–Crippen LogP) is 2.01. The van der Waals surface area contributed by atoms with Gasteiger partial charge in [-0.3, -0.25) is 14.4 Å². The molecule has 0 spiro atoms. The molecular weight excluding hydrogens is 368 g/mol. The Morgan fingerprint density at radius 1 is 1.26 bits per heavy atom. The van der Waals surface area contributed by atoms with E-state index in [1.54, 1.807) is 4.90 Å². The lowest BCUT2D eigenvalue weighted by molar-refractivity contribution is -0.158. The van der Waals surface area contributed by atoms with Crippen molar-refractivity contribution in [3.8, 4) is 0 Å². The molecule has 1 aromatic carbocycles. The van der Waals surface area contributed by atoms with Gasteiger partial charge in [0, 0.05) is 25.9 Å². The molecule has 1 fully saturated rings. The lowest BCUT2D eigenvalue weighted by Crippen LogP contribution is -2.52. The van der Waals surface area contributed by atoms with Gasteiger partial charge in [-0.1, -0.05) is 17.7 Å². The van der Waals surface area contributed by atoms with Crippen molar-refractivity contribution in [3.63, 3.8) is 0 Å². The maximum absolute atomic E-state index is 12.4. The Bertz CT molecular complexity index is 675. The summed E-state index contributed by atoms with van der Waals surface area (Å²) in [5.41, 5.74) is 0.788. The summed E-state index contributed by atoms with van der Waals surface area (Å²) in [6.07, 6.45) is 1.12. The second-order valence-electron chi connectivity index (χ2n) is 6.84. The van der Waals surface area contributed by atoms with E-state index in [4.69, 9.17) is 4.74 Å². The minimum absolute atomic E-state index is 0.0816. The summed E-state index contributed by atoms with van der Waals surface area (Å²) in [5, 5.41) is 12.3. The molecule has 0 bridgehead atoms. The van der Waals surface area contributed by atoms with Crippen LogP contribution in [0.5, 0.6) is 0 Å². The SMILES string of the molecule is COCC1(C(=O)O)CCCN(C(=O)CSCC(=O)Nc2ccc(C)cc2)C1. The van der Waals surface area contributed by atoms with Crippen molar-refractivity contribution < 1.29 is 24.2 Å². The number of rotatable bonds is 8. The van der Waals surface area contributed by atoms with Crippen molar-refractivity contribution in [1.82, 2.24) is 4.90 Å². The van der Waals surface area contributed by atoms with E-state index < -0.39 is 11.4 Å². The highest BCUT2D eigenvalue weighted by atomic mass is 32.2. The fourth-order valence-corrected chi connectivity index (χ4v) is 3.85. The maximum Gasteiger partial charge on any atom is 0.313 e. The lowest BCUT2D eigenvalue weighted by Gasteiger charge is -2.39. The topological polar surface area (TPSA) is 95.9 Å². The third-order valence-electron chi connectivity index (χ3n) is 4.60. The number of thioether (sulfide) groups is 1. The molecule has 0 aliphatic carbocycles. The van der Waals surface area contributed by atoms with Crippen LogP contribution in [0.25, 0.3) is 0 Å². The minimum atomic E-state index is -1.05. The number of likely N-dealkylation sites (tertiary alicyclic amines) is 1. The van der Waals surface area contributed by atoms with Gasteiger partial charge in [0.05, 0.1) is 18.1 Å². The average molecular weight is 394 g/mol. The first kappa shape index (κ1) is 21.2. The number of hydrogen-bond donors (Lipinski definition) is 2. The van der Waals surface area contributed by atoms with Gasteiger partial charge in [-0.25, -0.2) is 0 Å². The molecule has 27 heavy (non-hydrogen) atoms. The number of piperidine rings is 1. The Morgan fingerprint density at radius 3 is 2.59 bits per heavy atom. The van der Waals surface area contributed by atoms with Crippen LogP contribution < -0.4 is 5.32 Å². The molecule has 7 nitrogen and oxygen atoms in total. The predicted molar refractivity (Wildman–Crippen MR) is 105 cm³/mol. The van der Waals surface area contributed by atoms with Crippen LogP contribution in [0, 0.1) is 12.3 Å². The van der Waals surface area contributed by atoms with Gasteiger partial charge in [-0.15, -0.1) is 11.8 Å². The highest BCUT2D eigenvalue weighted by Gasteiger charge is 2.43. The number of carbonyl (C=O) groups is 3. The van der Waals surface area contributed by atoms with Crippen molar-refractivity contribution in [2.24, 2.45) is 5.41 Å². The van der Waals surface area contributed by atoms with E-state index in [0.29, 0.717) is 19.4 Å². The molecule has 1 saturated heterocycles.